The maximum atomic E-state index is 13.1. The summed E-state index contributed by atoms with van der Waals surface area (Å²) >= 11 is 6.27. The van der Waals surface area contributed by atoms with Crippen molar-refractivity contribution in [3.8, 4) is 11.3 Å². The summed E-state index contributed by atoms with van der Waals surface area (Å²) in [5, 5.41) is 7.12. The minimum absolute atomic E-state index is 0.152. The van der Waals surface area contributed by atoms with Crippen molar-refractivity contribution in [1.82, 2.24) is 15.4 Å². The quantitative estimate of drug-likeness (QED) is 0.707. The highest BCUT2D eigenvalue weighted by Gasteiger charge is 2.25. The number of aromatic nitrogens is 1. The van der Waals surface area contributed by atoms with Crippen LogP contribution in [0.3, 0.4) is 0 Å². The average molecular weight is 398 g/mol. The maximum Gasteiger partial charge on any atom is 0.259 e. The van der Waals surface area contributed by atoms with Gasteiger partial charge in [0.15, 0.2) is 0 Å². The third-order valence-electron chi connectivity index (χ3n) is 4.42. The Morgan fingerprint density at radius 2 is 1.82 bits per heavy atom. The van der Waals surface area contributed by atoms with E-state index in [0.717, 1.165) is 5.56 Å². The van der Waals surface area contributed by atoms with Gasteiger partial charge >= 0.3 is 0 Å². The molecule has 0 saturated heterocycles. The largest absolute Gasteiger partial charge is 0.360 e. The first kappa shape index (κ1) is 19.6. The number of rotatable bonds is 5. The molecule has 1 aromatic heterocycles. The van der Waals surface area contributed by atoms with Gasteiger partial charge in [-0.3, -0.25) is 9.59 Å². The van der Waals surface area contributed by atoms with Crippen LogP contribution in [-0.4, -0.2) is 36.0 Å². The Balaban J connectivity index is 1.84. The molecule has 0 spiro atoms. The number of carbonyl (C=O) groups excluding carboxylic acids is 2. The van der Waals surface area contributed by atoms with Crippen molar-refractivity contribution < 1.29 is 14.1 Å². The molecule has 2 amide bonds. The van der Waals surface area contributed by atoms with Crippen molar-refractivity contribution in [2.24, 2.45) is 0 Å². The summed E-state index contributed by atoms with van der Waals surface area (Å²) in [6.07, 6.45) is 0. The SMILES string of the molecule is CNC(=O)c1ccc(CN(C)C(=O)c2c(-c3ccccc3Cl)noc2C)cc1. The van der Waals surface area contributed by atoms with Gasteiger partial charge in [0.25, 0.3) is 11.8 Å². The Morgan fingerprint density at radius 3 is 2.46 bits per heavy atom. The van der Waals surface area contributed by atoms with Crippen LogP contribution in [0.4, 0.5) is 0 Å². The van der Waals surface area contributed by atoms with Crippen LogP contribution in [0.5, 0.6) is 0 Å². The lowest BCUT2D eigenvalue weighted by molar-refractivity contribution is 0.0783. The standard InChI is InChI=1S/C21H20ClN3O3/c1-13-18(19(24-28-13)16-6-4-5-7-17(16)22)21(27)25(3)12-14-8-10-15(11-9-14)20(26)23-2/h4-11H,12H2,1-3H3,(H,23,26). The molecule has 28 heavy (non-hydrogen) atoms. The molecule has 0 aliphatic rings. The van der Waals surface area contributed by atoms with Crippen molar-refractivity contribution in [3.05, 3.63) is 76.0 Å². The Bertz CT molecular complexity index is 1010. The Labute approximate surface area is 168 Å². The van der Waals surface area contributed by atoms with Gasteiger partial charge in [0.2, 0.25) is 0 Å². The van der Waals surface area contributed by atoms with E-state index >= 15 is 0 Å². The van der Waals surface area contributed by atoms with Gasteiger partial charge in [0.1, 0.15) is 17.0 Å². The molecule has 1 heterocycles. The second kappa shape index (κ2) is 8.27. The van der Waals surface area contributed by atoms with Crippen LogP contribution in [0, 0.1) is 6.92 Å². The fraction of sp³-hybridized carbons (Fsp3) is 0.190. The van der Waals surface area contributed by atoms with Gasteiger partial charge in [-0.15, -0.1) is 0 Å². The average Bonchev–Trinajstić information content (AvgIpc) is 3.08. The van der Waals surface area contributed by atoms with E-state index in [1.54, 1.807) is 50.2 Å². The zero-order chi connectivity index (χ0) is 20.3. The summed E-state index contributed by atoms with van der Waals surface area (Å²) in [6.45, 7) is 2.08. The van der Waals surface area contributed by atoms with Crippen LogP contribution in [0.15, 0.2) is 53.1 Å². The number of carbonyl (C=O) groups is 2. The highest BCUT2D eigenvalue weighted by molar-refractivity contribution is 6.33. The van der Waals surface area contributed by atoms with Crippen LogP contribution in [-0.2, 0) is 6.54 Å². The maximum absolute atomic E-state index is 13.1. The number of aryl methyl sites for hydroxylation is 1. The normalized spacial score (nSPS) is 10.6. The van der Waals surface area contributed by atoms with Crippen LogP contribution in [0.2, 0.25) is 5.02 Å². The smallest absolute Gasteiger partial charge is 0.259 e. The summed E-state index contributed by atoms with van der Waals surface area (Å²) in [5.41, 5.74) is 2.92. The summed E-state index contributed by atoms with van der Waals surface area (Å²) in [7, 11) is 3.29. The fourth-order valence-electron chi connectivity index (χ4n) is 2.90. The van der Waals surface area contributed by atoms with E-state index in [2.05, 4.69) is 10.5 Å². The molecule has 0 aliphatic carbocycles. The molecule has 0 atom stereocenters. The number of benzene rings is 2. The monoisotopic (exact) mass is 397 g/mol. The summed E-state index contributed by atoms with van der Waals surface area (Å²) < 4.78 is 5.28. The molecule has 3 aromatic rings. The minimum atomic E-state index is -0.218. The number of hydrogen-bond donors (Lipinski definition) is 1. The number of nitrogens with one attached hydrogen (secondary N) is 1. The third kappa shape index (κ3) is 3.92. The zero-order valence-corrected chi connectivity index (χ0v) is 16.6. The van der Waals surface area contributed by atoms with E-state index in [-0.39, 0.29) is 11.8 Å². The van der Waals surface area contributed by atoms with Gasteiger partial charge in [-0.2, -0.15) is 0 Å². The van der Waals surface area contributed by atoms with Crippen molar-refractivity contribution in [2.75, 3.05) is 14.1 Å². The van der Waals surface area contributed by atoms with E-state index < -0.39 is 0 Å². The first-order valence-electron chi connectivity index (χ1n) is 8.70. The number of amides is 2. The lowest BCUT2D eigenvalue weighted by Crippen LogP contribution is -2.27. The molecule has 6 nitrogen and oxygen atoms in total. The highest BCUT2D eigenvalue weighted by Crippen LogP contribution is 2.31. The van der Waals surface area contributed by atoms with Gasteiger partial charge in [0, 0.05) is 31.8 Å². The molecule has 1 N–H and O–H groups in total. The van der Waals surface area contributed by atoms with Gasteiger partial charge in [-0.1, -0.05) is 47.1 Å². The highest BCUT2D eigenvalue weighted by atomic mass is 35.5. The molecular formula is C21H20ClN3O3. The second-order valence-electron chi connectivity index (χ2n) is 6.38. The molecule has 2 aromatic carbocycles. The molecular weight excluding hydrogens is 378 g/mol. The molecule has 0 unspecified atom stereocenters. The van der Waals surface area contributed by atoms with Crippen LogP contribution in [0.25, 0.3) is 11.3 Å². The predicted octanol–water partition coefficient (Wildman–Crippen LogP) is 3.94. The second-order valence-corrected chi connectivity index (χ2v) is 6.79. The first-order valence-corrected chi connectivity index (χ1v) is 9.07. The van der Waals surface area contributed by atoms with Crippen molar-refractivity contribution in [2.45, 2.75) is 13.5 Å². The van der Waals surface area contributed by atoms with Crippen LogP contribution >= 0.6 is 11.6 Å². The van der Waals surface area contributed by atoms with E-state index in [1.807, 2.05) is 24.3 Å². The van der Waals surface area contributed by atoms with Gasteiger partial charge < -0.3 is 14.7 Å². The minimum Gasteiger partial charge on any atom is -0.360 e. The third-order valence-corrected chi connectivity index (χ3v) is 4.74. The molecule has 7 heteroatoms. The Morgan fingerprint density at radius 1 is 1.14 bits per heavy atom. The summed E-state index contributed by atoms with van der Waals surface area (Å²) in [5.74, 6) is 0.0613. The van der Waals surface area contributed by atoms with Crippen molar-refractivity contribution >= 4 is 23.4 Å². The van der Waals surface area contributed by atoms with E-state index in [4.69, 9.17) is 16.1 Å². The first-order chi connectivity index (χ1) is 13.4. The van der Waals surface area contributed by atoms with Crippen molar-refractivity contribution in [1.29, 1.82) is 0 Å². The number of hydrogen-bond acceptors (Lipinski definition) is 4. The lowest BCUT2D eigenvalue weighted by atomic mass is 10.0. The van der Waals surface area contributed by atoms with E-state index in [1.165, 1.54) is 0 Å². The molecule has 0 fully saturated rings. The summed E-state index contributed by atoms with van der Waals surface area (Å²) in [4.78, 5) is 26.3. The lowest BCUT2D eigenvalue weighted by Gasteiger charge is -2.18. The van der Waals surface area contributed by atoms with E-state index in [9.17, 15) is 9.59 Å². The van der Waals surface area contributed by atoms with Crippen LogP contribution in [0.1, 0.15) is 32.0 Å². The molecule has 0 radical (unpaired) electrons. The molecule has 144 valence electrons. The van der Waals surface area contributed by atoms with Crippen molar-refractivity contribution in [3.63, 3.8) is 0 Å². The van der Waals surface area contributed by atoms with Crippen LogP contribution < -0.4 is 5.32 Å². The van der Waals surface area contributed by atoms with Gasteiger partial charge in [0.05, 0.1) is 5.02 Å². The van der Waals surface area contributed by atoms with Gasteiger partial charge in [-0.05, 0) is 30.7 Å². The Kier molecular flexibility index (Phi) is 5.80. The van der Waals surface area contributed by atoms with E-state index in [0.29, 0.717) is 39.7 Å². The topological polar surface area (TPSA) is 75.4 Å². The molecule has 0 saturated carbocycles. The zero-order valence-electron chi connectivity index (χ0n) is 15.8. The fourth-order valence-corrected chi connectivity index (χ4v) is 3.13. The number of nitrogens with zero attached hydrogens (tertiary/aromatic N) is 2. The Hall–Kier alpha value is -3.12. The molecule has 0 bridgehead atoms. The molecule has 3 rings (SSSR count). The number of halogens is 1. The summed E-state index contributed by atoms with van der Waals surface area (Å²) in [6, 6.07) is 14.3. The van der Waals surface area contributed by atoms with Gasteiger partial charge in [-0.25, -0.2) is 0 Å². The predicted molar refractivity (Wildman–Crippen MR) is 107 cm³/mol. The molecule has 0 aliphatic heterocycles.